The predicted molar refractivity (Wildman–Crippen MR) is 118 cm³/mol. The summed E-state index contributed by atoms with van der Waals surface area (Å²) < 4.78 is 1.73. The molecule has 1 fully saturated rings. The number of carbonyl (C=O) groups is 1. The lowest BCUT2D eigenvalue weighted by molar-refractivity contribution is 0.0688. The van der Waals surface area contributed by atoms with Gasteiger partial charge in [-0.1, -0.05) is 36.7 Å². The first-order valence-electron chi connectivity index (χ1n) is 10.2. The van der Waals surface area contributed by atoms with Gasteiger partial charge in [0, 0.05) is 23.7 Å². The molecule has 0 saturated carbocycles. The SMILES string of the molecule is Cc1ccc(-c2cc(C(=O)N3CCC(C)CC3)n(-c3cccc(Cl)c3)n2)cc1C. The Balaban J connectivity index is 1.78. The van der Waals surface area contributed by atoms with Gasteiger partial charge in [0.1, 0.15) is 5.69 Å². The molecule has 1 saturated heterocycles. The van der Waals surface area contributed by atoms with Crippen LogP contribution in [0.3, 0.4) is 0 Å². The number of likely N-dealkylation sites (tertiary alicyclic amines) is 1. The summed E-state index contributed by atoms with van der Waals surface area (Å²) in [6, 6.07) is 15.7. The van der Waals surface area contributed by atoms with E-state index < -0.39 is 0 Å². The van der Waals surface area contributed by atoms with E-state index in [9.17, 15) is 4.79 Å². The second-order valence-electron chi connectivity index (χ2n) is 8.08. The van der Waals surface area contributed by atoms with E-state index in [-0.39, 0.29) is 5.91 Å². The molecule has 0 spiro atoms. The first-order chi connectivity index (χ1) is 13.9. The van der Waals surface area contributed by atoms with Crippen molar-refractivity contribution >= 4 is 17.5 Å². The standard InChI is InChI=1S/C24H26ClN3O/c1-16-9-11-27(12-10-16)24(29)23-15-22(19-8-7-17(2)18(3)13-19)26-28(23)21-6-4-5-20(25)14-21/h4-8,13-16H,9-12H2,1-3H3. The van der Waals surface area contributed by atoms with Crippen LogP contribution in [0.25, 0.3) is 16.9 Å². The number of carbonyl (C=O) groups excluding carboxylic acids is 1. The largest absolute Gasteiger partial charge is 0.337 e. The van der Waals surface area contributed by atoms with Crippen LogP contribution in [-0.4, -0.2) is 33.7 Å². The number of nitrogens with zero attached hydrogens (tertiary/aromatic N) is 3. The van der Waals surface area contributed by atoms with Gasteiger partial charge >= 0.3 is 0 Å². The van der Waals surface area contributed by atoms with E-state index in [0.29, 0.717) is 16.6 Å². The van der Waals surface area contributed by atoms with E-state index in [2.05, 4.69) is 39.0 Å². The molecule has 2 aromatic carbocycles. The maximum absolute atomic E-state index is 13.4. The van der Waals surface area contributed by atoms with Gasteiger partial charge in [-0.25, -0.2) is 4.68 Å². The molecule has 1 amide bonds. The van der Waals surface area contributed by atoms with Gasteiger partial charge in [-0.2, -0.15) is 5.10 Å². The lowest BCUT2D eigenvalue weighted by atomic mass is 9.99. The topological polar surface area (TPSA) is 38.1 Å². The number of piperidine rings is 1. The molecule has 0 N–H and O–H groups in total. The first-order valence-corrected chi connectivity index (χ1v) is 10.5. The molecule has 4 nitrogen and oxygen atoms in total. The second-order valence-corrected chi connectivity index (χ2v) is 8.52. The lowest BCUT2D eigenvalue weighted by Gasteiger charge is -2.30. The van der Waals surface area contributed by atoms with Crippen LogP contribution in [-0.2, 0) is 0 Å². The van der Waals surface area contributed by atoms with Crippen molar-refractivity contribution in [3.63, 3.8) is 0 Å². The van der Waals surface area contributed by atoms with E-state index in [1.807, 2.05) is 35.2 Å². The third-order valence-corrected chi connectivity index (χ3v) is 6.09. The van der Waals surface area contributed by atoms with E-state index in [1.54, 1.807) is 4.68 Å². The van der Waals surface area contributed by atoms with Crippen LogP contribution >= 0.6 is 11.6 Å². The maximum Gasteiger partial charge on any atom is 0.272 e. The van der Waals surface area contributed by atoms with Gasteiger partial charge in [0.05, 0.1) is 11.4 Å². The smallest absolute Gasteiger partial charge is 0.272 e. The Bertz CT molecular complexity index is 1050. The van der Waals surface area contributed by atoms with Gasteiger partial charge in [0.2, 0.25) is 0 Å². The van der Waals surface area contributed by atoms with Crippen molar-refractivity contribution in [2.45, 2.75) is 33.6 Å². The molecule has 0 radical (unpaired) electrons. The van der Waals surface area contributed by atoms with Crippen LogP contribution in [0.5, 0.6) is 0 Å². The zero-order valence-corrected chi connectivity index (χ0v) is 17.9. The Morgan fingerprint density at radius 3 is 2.48 bits per heavy atom. The quantitative estimate of drug-likeness (QED) is 0.560. The Kier molecular flexibility index (Phi) is 5.46. The highest BCUT2D eigenvalue weighted by Gasteiger charge is 2.26. The van der Waals surface area contributed by atoms with Crippen molar-refractivity contribution in [3.05, 3.63) is 70.4 Å². The van der Waals surface area contributed by atoms with Crippen LogP contribution in [0.4, 0.5) is 0 Å². The minimum absolute atomic E-state index is 0.0273. The summed E-state index contributed by atoms with van der Waals surface area (Å²) in [5.41, 5.74) is 5.62. The minimum Gasteiger partial charge on any atom is -0.337 e. The number of aryl methyl sites for hydroxylation is 2. The number of rotatable bonds is 3. The summed E-state index contributed by atoms with van der Waals surface area (Å²) >= 11 is 6.22. The number of aromatic nitrogens is 2. The second kappa shape index (κ2) is 8.03. The molecule has 0 aliphatic carbocycles. The van der Waals surface area contributed by atoms with Gasteiger partial charge in [0.25, 0.3) is 5.91 Å². The third-order valence-electron chi connectivity index (χ3n) is 5.85. The molecule has 150 valence electrons. The fourth-order valence-corrected chi connectivity index (χ4v) is 3.94. The Hall–Kier alpha value is -2.59. The lowest BCUT2D eigenvalue weighted by Crippen LogP contribution is -2.38. The number of hydrogen-bond donors (Lipinski definition) is 0. The van der Waals surface area contributed by atoms with Crippen LogP contribution in [0, 0.1) is 19.8 Å². The summed E-state index contributed by atoms with van der Waals surface area (Å²) in [7, 11) is 0. The van der Waals surface area contributed by atoms with Crippen LogP contribution in [0.1, 0.15) is 41.4 Å². The molecular formula is C24H26ClN3O. The molecule has 2 heterocycles. The minimum atomic E-state index is 0.0273. The van der Waals surface area contributed by atoms with E-state index in [4.69, 9.17) is 16.7 Å². The fraction of sp³-hybridized carbons (Fsp3) is 0.333. The van der Waals surface area contributed by atoms with Crippen molar-refractivity contribution in [2.24, 2.45) is 5.92 Å². The van der Waals surface area contributed by atoms with Gasteiger partial charge in [-0.15, -0.1) is 0 Å². The summed E-state index contributed by atoms with van der Waals surface area (Å²) in [6.07, 6.45) is 2.09. The van der Waals surface area contributed by atoms with Crippen LogP contribution in [0.15, 0.2) is 48.5 Å². The molecule has 0 atom stereocenters. The highest BCUT2D eigenvalue weighted by molar-refractivity contribution is 6.30. The highest BCUT2D eigenvalue weighted by atomic mass is 35.5. The number of halogens is 1. The van der Waals surface area contributed by atoms with Crippen molar-refractivity contribution < 1.29 is 4.79 Å². The average molecular weight is 408 g/mol. The molecule has 29 heavy (non-hydrogen) atoms. The first kappa shape index (κ1) is 19.7. The van der Waals surface area contributed by atoms with Gasteiger partial charge in [-0.3, -0.25) is 4.79 Å². The zero-order valence-electron chi connectivity index (χ0n) is 17.2. The van der Waals surface area contributed by atoms with Crippen LogP contribution in [0.2, 0.25) is 5.02 Å². The summed E-state index contributed by atoms with van der Waals surface area (Å²) in [6.45, 7) is 8.01. The Morgan fingerprint density at radius 1 is 1.03 bits per heavy atom. The molecule has 1 aliphatic rings. The number of benzene rings is 2. The third kappa shape index (κ3) is 4.08. The van der Waals surface area contributed by atoms with E-state index in [0.717, 1.165) is 42.9 Å². The van der Waals surface area contributed by atoms with Crippen molar-refractivity contribution in [3.8, 4) is 16.9 Å². The Labute approximate surface area is 177 Å². The van der Waals surface area contributed by atoms with E-state index in [1.165, 1.54) is 11.1 Å². The van der Waals surface area contributed by atoms with Crippen LogP contribution < -0.4 is 0 Å². The average Bonchev–Trinajstić information content (AvgIpc) is 3.15. The molecule has 0 unspecified atom stereocenters. The van der Waals surface area contributed by atoms with Crippen molar-refractivity contribution in [1.82, 2.24) is 14.7 Å². The molecule has 4 rings (SSSR count). The van der Waals surface area contributed by atoms with Crippen molar-refractivity contribution in [1.29, 1.82) is 0 Å². The molecule has 1 aliphatic heterocycles. The van der Waals surface area contributed by atoms with Gasteiger partial charge < -0.3 is 4.90 Å². The molecule has 3 aromatic rings. The normalized spacial score (nSPS) is 15.0. The molecule has 5 heteroatoms. The maximum atomic E-state index is 13.4. The molecular weight excluding hydrogens is 382 g/mol. The van der Waals surface area contributed by atoms with Gasteiger partial charge in [0.15, 0.2) is 0 Å². The summed E-state index contributed by atoms with van der Waals surface area (Å²) in [4.78, 5) is 15.3. The summed E-state index contributed by atoms with van der Waals surface area (Å²) in [5, 5.41) is 5.43. The fourth-order valence-electron chi connectivity index (χ4n) is 3.75. The van der Waals surface area contributed by atoms with E-state index >= 15 is 0 Å². The monoisotopic (exact) mass is 407 g/mol. The molecule has 1 aromatic heterocycles. The zero-order chi connectivity index (χ0) is 20.5. The number of hydrogen-bond acceptors (Lipinski definition) is 2. The van der Waals surface area contributed by atoms with Gasteiger partial charge in [-0.05, 0) is 74.1 Å². The Morgan fingerprint density at radius 2 is 1.79 bits per heavy atom. The highest BCUT2D eigenvalue weighted by Crippen LogP contribution is 2.27. The summed E-state index contributed by atoms with van der Waals surface area (Å²) in [5.74, 6) is 0.697. The predicted octanol–water partition coefficient (Wildman–Crippen LogP) is 5.68. The number of amides is 1. The van der Waals surface area contributed by atoms with Crippen molar-refractivity contribution in [2.75, 3.05) is 13.1 Å². The molecule has 0 bridgehead atoms.